The molecule has 2 heterocycles. The first-order chi connectivity index (χ1) is 15.0. The Morgan fingerprint density at radius 3 is 2.61 bits per heavy atom. The summed E-state index contributed by atoms with van der Waals surface area (Å²) in [7, 11) is 0. The molecule has 1 aromatic heterocycles. The van der Waals surface area contributed by atoms with Gasteiger partial charge in [-0.3, -0.25) is 14.5 Å². The van der Waals surface area contributed by atoms with Crippen molar-refractivity contribution >= 4 is 44.7 Å². The maximum atomic E-state index is 13.1. The molecule has 0 atom stereocenters. The highest BCUT2D eigenvalue weighted by molar-refractivity contribution is 7.13. The fourth-order valence-electron chi connectivity index (χ4n) is 4.17. The van der Waals surface area contributed by atoms with E-state index in [0.717, 1.165) is 48.1 Å². The molecule has 4 rings (SSSR count). The Bertz CT molecular complexity index is 1070. The number of rotatable bonds is 6. The molecule has 0 aliphatic carbocycles. The van der Waals surface area contributed by atoms with Gasteiger partial charge in [0.15, 0.2) is 5.13 Å². The third-order valence-electron chi connectivity index (χ3n) is 5.84. The average molecular weight is 437 g/mol. The lowest BCUT2D eigenvalue weighted by molar-refractivity contribution is -0.122. The van der Waals surface area contributed by atoms with Crippen molar-refractivity contribution in [1.82, 2.24) is 9.88 Å². The van der Waals surface area contributed by atoms with Gasteiger partial charge in [-0.25, -0.2) is 4.98 Å². The summed E-state index contributed by atoms with van der Waals surface area (Å²) in [6.45, 7) is 6.41. The van der Waals surface area contributed by atoms with E-state index in [1.165, 1.54) is 11.3 Å². The van der Waals surface area contributed by atoms with Crippen LogP contribution in [0.3, 0.4) is 0 Å². The first kappa shape index (κ1) is 21.5. The predicted octanol–water partition coefficient (Wildman–Crippen LogP) is 4.31. The number of aromatic nitrogens is 1. The van der Waals surface area contributed by atoms with Gasteiger partial charge in [-0.2, -0.15) is 0 Å². The van der Waals surface area contributed by atoms with Crippen molar-refractivity contribution in [2.24, 2.45) is 5.92 Å². The van der Waals surface area contributed by atoms with E-state index in [1.807, 2.05) is 48.4 Å². The molecule has 0 bridgehead atoms. The summed E-state index contributed by atoms with van der Waals surface area (Å²) < 4.78 is 0. The number of thiazole rings is 1. The van der Waals surface area contributed by atoms with Gasteiger partial charge in [-0.1, -0.05) is 36.4 Å². The summed E-state index contributed by atoms with van der Waals surface area (Å²) >= 11 is 1.45. The zero-order chi connectivity index (χ0) is 21.8. The van der Waals surface area contributed by atoms with Crippen LogP contribution in [0.2, 0.25) is 0 Å². The molecule has 1 aliphatic rings. The number of hydrogen-bond donors (Lipinski definition) is 1. The van der Waals surface area contributed by atoms with Crippen LogP contribution in [0.4, 0.5) is 10.8 Å². The summed E-state index contributed by atoms with van der Waals surface area (Å²) in [6.07, 6.45) is 1.51. The highest BCUT2D eigenvalue weighted by Crippen LogP contribution is 2.27. The smallest absolute Gasteiger partial charge is 0.241 e. The number of nitrogens with one attached hydrogen (secondary N) is 1. The van der Waals surface area contributed by atoms with Crippen LogP contribution >= 0.6 is 11.3 Å². The number of likely N-dealkylation sites (N-methyl/N-ethyl adjacent to an activating group) is 1. The van der Waals surface area contributed by atoms with Gasteiger partial charge in [0, 0.05) is 23.2 Å². The first-order valence-electron chi connectivity index (χ1n) is 10.8. The molecule has 3 aromatic rings. The number of hydrogen-bond acceptors (Lipinski definition) is 5. The normalized spacial score (nSPS) is 15.2. The highest BCUT2D eigenvalue weighted by Gasteiger charge is 2.27. The van der Waals surface area contributed by atoms with E-state index in [4.69, 9.17) is 0 Å². The summed E-state index contributed by atoms with van der Waals surface area (Å²) in [5.41, 5.74) is 1.87. The quantitative estimate of drug-likeness (QED) is 0.625. The van der Waals surface area contributed by atoms with Crippen molar-refractivity contribution in [3.63, 3.8) is 0 Å². The fourth-order valence-corrected chi connectivity index (χ4v) is 4.86. The van der Waals surface area contributed by atoms with Crippen LogP contribution in [-0.4, -0.2) is 47.9 Å². The minimum Gasteiger partial charge on any atom is -0.311 e. The third kappa shape index (κ3) is 4.94. The van der Waals surface area contributed by atoms with Gasteiger partial charge in [0.25, 0.3) is 0 Å². The highest BCUT2D eigenvalue weighted by atomic mass is 32.1. The average Bonchev–Trinajstić information content (AvgIpc) is 3.19. The summed E-state index contributed by atoms with van der Waals surface area (Å²) in [4.78, 5) is 34.0. The first-order valence-corrected chi connectivity index (χ1v) is 11.7. The second-order valence-electron chi connectivity index (χ2n) is 7.97. The Labute approximate surface area is 186 Å². The molecular formula is C24H28N4O2S. The summed E-state index contributed by atoms with van der Waals surface area (Å²) in [5, 5.41) is 7.74. The fraction of sp³-hybridized carbons (Fsp3) is 0.375. The lowest BCUT2D eigenvalue weighted by Gasteiger charge is -2.32. The Morgan fingerprint density at radius 2 is 1.90 bits per heavy atom. The monoisotopic (exact) mass is 436 g/mol. The van der Waals surface area contributed by atoms with E-state index < -0.39 is 0 Å². The Hall–Kier alpha value is -2.77. The van der Waals surface area contributed by atoms with E-state index in [2.05, 4.69) is 33.4 Å². The zero-order valence-electron chi connectivity index (χ0n) is 18.0. The number of likely N-dealkylation sites (tertiary alicyclic amines) is 1. The van der Waals surface area contributed by atoms with E-state index in [-0.39, 0.29) is 17.7 Å². The SMILES string of the molecule is CCN(C(=O)CN1CCC(C(=O)Nc2nc(C)cs2)CC1)c1cccc2ccccc12. The van der Waals surface area contributed by atoms with E-state index >= 15 is 0 Å². The summed E-state index contributed by atoms with van der Waals surface area (Å²) in [5.74, 6) is 0.0992. The largest absolute Gasteiger partial charge is 0.311 e. The summed E-state index contributed by atoms with van der Waals surface area (Å²) in [6, 6.07) is 14.2. The lowest BCUT2D eigenvalue weighted by atomic mass is 9.96. The standard InChI is InChI=1S/C24H28N4O2S/c1-3-28(21-10-6-8-18-7-4-5-9-20(18)21)22(29)15-27-13-11-19(12-14-27)23(30)26-24-25-17(2)16-31-24/h4-10,16,19H,3,11-15H2,1-2H3,(H,25,26,30). The van der Waals surface area contributed by atoms with Crippen LogP contribution in [0.25, 0.3) is 10.8 Å². The predicted molar refractivity (Wildman–Crippen MR) is 127 cm³/mol. The van der Waals surface area contributed by atoms with E-state index in [0.29, 0.717) is 18.2 Å². The molecule has 1 fully saturated rings. The van der Waals surface area contributed by atoms with E-state index in [1.54, 1.807) is 0 Å². The number of carbonyl (C=O) groups excluding carboxylic acids is 2. The molecule has 31 heavy (non-hydrogen) atoms. The van der Waals surface area contributed by atoms with Crippen LogP contribution in [0.5, 0.6) is 0 Å². The molecule has 162 valence electrons. The van der Waals surface area contributed by atoms with Crippen molar-refractivity contribution in [2.45, 2.75) is 26.7 Å². The van der Waals surface area contributed by atoms with E-state index in [9.17, 15) is 9.59 Å². The van der Waals surface area contributed by atoms with Crippen LogP contribution in [0.1, 0.15) is 25.5 Å². The maximum absolute atomic E-state index is 13.1. The van der Waals surface area contributed by atoms with Gasteiger partial charge in [-0.05, 0) is 51.2 Å². The maximum Gasteiger partial charge on any atom is 0.241 e. The Morgan fingerprint density at radius 1 is 1.16 bits per heavy atom. The molecule has 0 unspecified atom stereocenters. The van der Waals surface area contributed by atoms with Crippen LogP contribution in [-0.2, 0) is 9.59 Å². The molecule has 0 radical (unpaired) electrons. The Kier molecular flexibility index (Phi) is 6.63. The topological polar surface area (TPSA) is 65.5 Å². The molecule has 2 aromatic carbocycles. The zero-order valence-corrected chi connectivity index (χ0v) is 18.8. The number of amides is 2. The molecule has 1 saturated heterocycles. The molecule has 7 heteroatoms. The number of benzene rings is 2. The molecule has 0 saturated carbocycles. The lowest BCUT2D eigenvalue weighted by Crippen LogP contribution is -2.45. The molecule has 2 amide bonds. The van der Waals surface area contributed by atoms with Crippen LogP contribution in [0.15, 0.2) is 47.8 Å². The minimum absolute atomic E-state index is 0.0316. The van der Waals surface area contributed by atoms with Crippen molar-refractivity contribution in [3.05, 3.63) is 53.5 Å². The molecular weight excluding hydrogens is 408 g/mol. The number of piperidine rings is 1. The Balaban J connectivity index is 1.35. The van der Waals surface area contributed by atoms with Gasteiger partial charge >= 0.3 is 0 Å². The second kappa shape index (κ2) is 9.58. The van der Waals surface area contributed by atoms with Gasteiger partial charge in [0.05, 0.1) is 17.9 Å². The molecule has 0 spiro atoms. The van der Waals surface area contributed by atoms with Crippen molar-refractivity contribution in [3.8, 4) is 0 Å². The van der Waals surface area contributed by atoms with Crippen molar-refractivity contribution in [1.29, 1.82) is 0 Å². The number of carbonyl (C=O) groups is 2. The van der Waals surface area contributed by atoms with Crippen LogP contribution < -0.4 is 10.2 Å². The minimum atomic E-state index is -0.0316. The van der Waals surface area contributed by atoms with Crippen molar-refractivity contribution in [2.75, 3.05) is 36.4 Å². The number of fused-ring (bicyclic) bond motifs is 1. The number of aryl methyl sites for hydroxylation is 1. The number of nitrogens with zero attached hydrogens (tertiary/aromatic N) is 3. The third-order valence-corrected chi connectivity index (χ3v) is 6.72. The van der Waals surface area contributed by atoms with Gasteiger partial charge in [-0.15, -0.1) is 11.3 Å². The number of anilines is 2. The molecule has 1 N–H and O–H groups in total. The van der Waals surface area contributed by atoms with Gasteiger partial charge in [0.2, 0.25) is 11.8 Å². The van der Waals surface area contributed by atoms with Crippen molar-refractivity contribution < 1.29 is 9.59 Å². The molecule has 6 nitrogen and oxygen atoms in total. The van der Waals surface area contributed by atoms with Crippen LogP contribution in [0, 0.1) is 12.8 Å². The van der Waals surface area contributed by atoms with Gasteiger partial charge < -0.3 is 10.2 Å². The molecule has 1 aliphatic heterocycles. The van der Waals surface area contributed by atoms with Gasteiger partial charge in [0.1, 0.15) is 0 Å². The second-order valence-corrected chi connectivity index (χ2v) is 8.83.